The summed E-state index contributed by atoms with van der Waals surface area (Å²) >= 11 is 0. The van der Waals surface area contributed by atoms with Gasteiger partial charge >= 0.3 is 11.5 Å². The average molecular weight is 365 g/mol. The molecule has 0 atom stereocenters. The van der Waals surface area contributed by atoms with Gasteiger partial charge in [-0.2, -0.15) is 0 Å². The van der Waals surface area contributed by atoms with Crippen LogP contribution in [-0.4, -0.2) is 15.6 Å². The summed E-state index contributed by atoms with van der Waals surface area (Å²) in [6.45, 7) is 0. The maximum Gasteiger partial charge on any atom is 0.336 e. The maximum absolute atomic E-state index is 13.5. The van der Waals surface area contributed by atoms with Crippen LogP contribution < -0.4 is 10.1 Å². The van der Waals surface area contributed by atoms with Crippen LogP contribution in [0.25, 0.3) is 43.4 Å². The highest BCUT2D eigenvalue weighted by Gasteiger charge is 2.22. The molecule has 0 bridgehead atoms. The summed E-state index contributed by atoms with van der Waals surface area (Å²) in [5, 5.41) is 14.5. The Morgan fingerprint density at radius 1 is 0.821 bits per heavy atom. The highest BCUT2D eigenvalue weighted by Crippen LogP contribution is 2.29. The van der Waals surface area contributed by atoms with Crippen molar-refractivity contribution in [2.45, 2.75) is 0 Å². The Kier molecular flexibility index (Phi) is 2.72. The number of benzene rings is 4. The van der Waals surface area contributed by atoms with E-state index in [1.54, 1.807) is 28.8 Å². The number of aromatic carboxylic acids is 1. The molecule has 132 valence electrons. The molecule has 0 fully saturated rings. The fraction of sp³-hybridized carbons (Fsp3) is 0. The van der Waals surface area contributed by atoms with Crippen molar-refractivity contribution in [2.24, 2.45) is 0 Å². The van der Waals surface area contributed by atoms with E-state index in [0.29, 0.717) is 16.3 Å². The van der Waals surface area contributed by atoms with Gasteiger partial charge in [-0.1, -0.05) is 45.4 Å². The third-order valence-corrected chi connectivity index (χ3v) is 5.54. The Morgan fingerprint density at radius 2 is 1.57 bits per heavy atom. The zero-order chi connectivity index (χ0) is 19.0. The van der Waals surface area contributed by atoms with E-state index in [-0.39, 0.29) is 11.1 Å². The fourth-order valence-corrected chi connectivity index (χ4v) is 4.38. The number of carbonyl (C=O) groups is 1. The van der Waals surface area contributed by atoms with E-state index in [9.17, 15) is 14.7 Å². The van der Waals surface area contributed by atoms with Crippen LogP contribution in [0.1, 0.15) is 10.4 Å². The number of hydrogen-bond acceptors (Lipinski definition) is 2. The standard InChI is InChI=1S/C23H12N2O3/c26-22-17-7-1-4-13-5-2-8-18(20(13)17)24-12-14-10-11-16(23(27)28)15-6-3-9-19(21(14)15)25(22)24/h1-12H/p+1. The Morgan fingerprint density at radius 3 is 2.39 bits per heavy atom. The van der Waals surface area contributed by atoms with Crippen LogP contribution in [-0.2, 0) is 0 Å². The third kappa shape index (κ3) is 1.73. The van der Waals surface area contributed by atoms with Gasteiger partial charge in [0.05, 0.1) is 21.7 Å². The number of carboxylic acids is 1. The van der Waals surface area contributed by atoms with Gasteiger partial charge in [0.15, 0.2) is 0 Å². The quantitative estimate of drug-likeness (QED) is 0.275. The molecular formula is C23H13N2O3+. The highest BCUT2D eigenvalue weighted by atomic mass is 16.4. The molecule has 0 spiro atoms. The van der Waals surface area contributed by atoms with Gasteiger partial charge in [0.25, 0.3) is 0 Å². The van der Waals surface area contributed by atoms with Crippen LogP contribution in [0.15, 0.2) is 77.7 Å². The lowest BCUT2D eigenvalue weighted by Crippen LogP contribution is -2.40. The Hall–Kier alpha value is -3.99. The normalized spacial score (nSPS) is 12.0. The monoisotopic (exact) mass is 365 g/mol. The van der Waals surface area contributed by atoms with Crippen molar-refractivity contribution in [3.63, 3.8) is 0 Å². The molecule has 0 saturated carbocycles. The molecule has 0 unspecified atom stereocenters. The van der Waals surface area contributed by atoms with Gasteiger partial charge < -0.3 is 5.11 Å². The van der Waals surface area contributed by atoms with Crippen LogP contribution >= 0.6 is 0 Å². The van der Waals surface area contributed by atoms with E-state index in [1.807, 2.05) is 53.2 Å². The highest BCUT2D eigenvalue weighted by molar-refractivity contribution is 6.15. The van der Waals surface area contributed by atoms with Crippen LogP contribution in [0.2, 0.25) is 0 Å². The summed E-state index contributed by atoms with van der Waals surface area (Å²) in [7, 11) is 0. The number of fused-ring (bicyclic) bond motifs is 3. The minimum atomic E-state index is -0.980. The third-order valence-electron chi connectivity index (χ3n) is 5.54. The van der Waals surface area contributed by atoms with Crippen LogP contribution in [0.4, 0.5) is 0 Å². The first kappa shape index (κ1) is 15.1. The van der Waals surface area contributed by atoms with Crippen molar-refractivity contribution in [3.8, 4) is 0 Å². The predicted molar refractivity (Wildman–Crippen MR) is 107 cm³/mol. The van der Waals surface area contributed by atoms with Crippen molar-refractivity contribution in [1.29, 1.82) is 0 Å². The molecular weight excluding hydrogens is 352 g/mol. The topological polar surface area (TPSA) is 62.9 Å². The van der Waals surface area contributed by atoms with E-state index >= 15 is 0 Å². The molecule has 0 aliphatic heterocycles. The second-order valence-electron chi connectivity index (χ2n) is 6.98. The smallest absolute Gasteiger partial charge is 0.336 e. The zero-order valence-electron chi connectivity index (χ0n) is 14.6. The summed E-state index contributed by atoms with van der Waals surface area (Å²) in [5.74, 6) is -0.980. The minimum absolute atomic E-state index is 0.126. The second-order valence-corrected chi connectivity index (χ2v) is 6.98. The van der Waals surface area contributed by atoms with Crippen molar-refractivity contribution in [3.05, 3.63) is 88.8 Å². The molecule has 0 aliphatic rings. The molecule has 28 heavy (non-hydrogen) atoms. The minimum Gasteiger partial charge on any atom is -0.478 e. The fourth-order valence-electron chi connectivity index (χ4n) is 4.38. The van der Waals surface area contributed by atoms with Crippen LogP contribution in [0.5, 0.6) is 0 Å². The Balaban J connectivity index is 2.00. The Labute approximate surface area is 157 Å². The lowest BCUT2D eigenvalue weighted by molar-refractivity contribution is -0.592. The molecule has 0 radical (unpaired) electrons. The first-order chi connectivity index (χ1) is 13.6. The predicted octanol–water partition coefficient (Wildman–Crippen LogP) is 3.63. The summed E-state index contributed by atoms with van der Waals surface area (Å²) in [6, 6.07) is 20.6. The molecule has 2 aromatic heterocycles. The SMILES string of the molecule is O=C(O)c1ccc2c[n+]3c4cccc5cccc(c(=O)n3c3cccc1c23)c54. The van der Waals surface area contributed by atoms with Crippen molar-refractivity contribution in [1.82, 2.24) is 4.52 Å². The Bertz CT molecular complexity index is 1660. The van der Waals surface area contributed by atoms with Gasteiger partial charge in [-0.3, -0.25) is 4.79 Å². The summed E-state index contributed by atoms with van der Waals surface area (Å²) in [4.78, 5) is 25.1. The van der Waals surface area contributed by atoms with E-state index in [2.05, 4.69) is 0 Å². The van der Waals surface area contributed by atoms with Gasteiger partial charge in [0, 0.05) is 11.5 Å². The first-order valence-electron chi connectivity index (χ1n) is 8.94. The second kappa shape index (κ2) is 5.04. The van der Waals surface area contributed by atoms with Gasteiger partial charge in [-0.05, 0) is 35.0 Å². The van der Waals surface area contributed by atoms with Gasteiger partial charge in [-0.25, -0.2) is 4.79 Å². The number of carboxylic acid groups (broad SMARTS) is 1. The molecule has 0 amide bonds. The molecule has 6 rings (SSSR count). The zero-order valence-corrected chi connectivity index (χ0v) is 14.6. The van der Waals surface area contributed by atoms with Gasteiger partial charge in [0.2, 0.25) is 11.7 Å². The molecule has 6 aromatic rings. The van der Waals surface area contributed by atoms with E-state index < -0.39 is 5.97 Å². The largest absolute Gasteiger partial charge is 0.478 e. The molecule has 0 saturated heterocycles. The van der Waals surface area contributed by atoms with E-state index in [1.165, 1.54) is 0 Å². The van der Waals surface area contributed by atoms with Crippen LogP contribution in [0.3, 0.4) is 0 Å². The number of aromatic nitrogens is 2. The molecule has 0 aliphatic carbocycles. The molecule has 4 aromatic carbocycles. The maximum atomic E-state index is 13.5. The summed E-state index contributed by atoms with van der Waals surface area (Å²) in [5.41, 5.74) is 1.72. The van der Waals surface area contributed by atoms with Crippen LogP contribution in [0, 0.1) is 0 Å². The number of nitrogens with zero attached hydrogens (tertiary/aromatic N) is 2. The van der Waals surface area contributed by atoms with Gasteiger partial charge in [-0.15, -0.1) is 0 Å². The van der Waals surface area contributed by atoms with Gasteiger partial charge in [0.1, 0.15) is 5.52 Å². The lowest BCUT2D eigenvalue weighted by Gasteiger charge is -2.10. The average Bonchev–Trinajstić information content (AvgIpc) is 2.71. The lowest BCUT2D eigenvalue weighted by atomic mass is 10.00. The van der Waals surface area contributed by atoms with Crippen molar-refractivity contribution in [2.75, 3.05) is 0 Å². The van der Waals surface area contributed by atoms with E-state index in [0.717, 1.165) is 27.1 Å². The van der Waals surface area contributed by atoms with Crippen molar-refractivity contribution >= 4 is 49.3 Å². The molecule has 5 nitrogen and oxygen atoms in total. The summed E-state index contributed by atoms with van der Waals surface area (Å²) in [6.07, 6.45) is 1.91. The molecule has 1 N–H and O–H groups in total. The summed E-state index contributed by atoms with van der Waals surface area (Å²) < 4.78 is 3.51. The number of hydrogen-bond donors (Lipinski definition) is 1. The molecule has 5 heteroatoms. The van der Waals surface area contributed by atoms with Crippen molar-refractivity contribution < 1.29 is 14.4 Å². The van der Waals surface area contributed by atoms with E-state index in [4.69, 9.17) is 0 Å². The number of rotatable bonds is 1. The molecule has 2 heterocycles. The first-order valence-corrected chi connectivity index (χ1v) is 8.94.